The molecule has 0 unspecified atom stereocenters. The normalized spacial score (nSPS) is 14.3. The summed E-state index contributed by atoms with van der Waals surface area (Å²) >= 11 is 7.16. The van der Waals surface area contributed by atoms with Crippen molar-refractivity contribution >= 4 is 39.5 Å². The third-order valence-electron chi connectivity index (χ3n) is 4.49. The molecule has 4 nitrogen and oxygen atoms in total. The van der Waals surface area contributed by atoms with Gasteiger partial charge in [-0.1, -0.05) is 18.2 Å². The minimum atomic E-state index is -0.231. The van der Waals surface area contributed by atoms with E-state index in [2.05, 4.69) is 15.1 Å². The Morgan fingerprint density at radius 2 is 1.70 bits per heavy atom. The Morgan fingerprint density at radius 3 is 2.41 bits per heavy atom. The van der Waals surface area contributed by atoms with Crippen molar-refractivity contribution in [3.63, 3.8) is 0 Å². The van der Waals surface area contributed by atoms with E-state index in [0.29, 0.717) is 0 Å². The third kappa shape index (κ3) is 4.26. The van der Waals surface area contributed by atoms with Gasteiger partial charge < -0.3 is 15.1 Å². The van der Waals surface area contributed by atoms with Crippen LogP contribution in [0.15, 0.2) is 60.0 Å². The number of benzene rings is 2. The monoisotopic (exact) mass is 398 g/mol. The van der Waals surface area contributed by atoms with Crippen LogP contribution < -0.4 is 10.2 Å². The number of halogens is 1. The van der Waals surface area contributed by atoms with Crippen molar-refractivity contribution in [1.82, 2.24) is 9.88 Å². The van der Waals surface area contributed by atoms with Crippen LogP contribution in [0.2, 0.25) is 0 Å². The minimum absolute atomic E-state index is 0.231. The van der Waals surface area contributed by atoms with Crippen molar-refractivity contribution in [2.45, 2.75) is 0 Å². The van der Waals surface area contributed by atoms with Gasteiger partial charge in [0.15, 0.2) is 10.2 Å². The maximum absolute atomic E-state index is 13.1. The Kier molecular flexibility index (Phi) is 5.31. The minimum Gasteiger partial charge on any atom is -0.345 e. The molecule has 7 heteroatoms. The van der Waals surface area contributed by atoms with Crippen LogP contribution in [0.25, 0.3) is 11.3 Å². The van der Waals surface area contributed by atoms with E-state index >= 15 is 0 Å². The average Bonchev–Trinajstić information content (AvgIpc) is 3.20. The topological polar surface area (TPSA) is 31.4 Å². The molecule has 2 aromatic carbocycles. The molecule has 4 rings (SSSR count). The molecule has 0 spiro atoms. The van der Waals surface area contributed by atoms with Gasteiger partial charge in [-0.25, -0.2) is 9.37 Å². The zero-order valence-electron chi connectivity index (χ0n) is 14.6. The Balaban J connectivity index is 1.35. The molecule has 138 valence electrons. The second kappa shape index (κ2) is 8.02. The van der Waals surface area contributed by atoms with Crippen LogP contribution >= 0.6 is 23.6 Å². The summed E-state index contributed by atoms with van der Waals surface area (Å²) in [4.78, 5) is 9.19. The highest BCUT2D eigenvalue weighted by molar-refractivity contribution is 7.80. The van der Waals surface area contributed by atoms with Crippen LogP contribution in [0.1, 0.15) is 0 Å². The number of piperazine rings is 1. The smallest absolute Gasteiger partial charge is 0.185 e. The standard InChI is InChI=1S/C20H19FN4S2/c21-16-8-6-15(7-9-16)18-14-27-20(23-18)25-12-10-24(11-13-25)19(26)22-17-4-2-1-3-5-17/h1-9,14H,10-13H2,(H,22,26). The van der Waals surface area contributed by atoms with Crippen LogP contribution in [-0.2, 0) is 0 Å². The van der Waals surface area contributed by atoms with Gasteiger partial charge >= 0.3 is 0 Å². The molecule has 1 N–H and O–H groups in total. The predicted molar refractivity (Wildman–Crippen MR) is 114 cm³/mol. The molecular weight excluding hydrogens is 379 g/mol. The summed E-state index contributed by atoms with van der Waals surface area (Å²) in [7, 11) is 0. The second-order valence-corrected chi connectivity index (χ2v) is 7.52. The van der Waals surface area contributed by atoms with Gasteiger partial charge in [-0.3, -0.25) is 0 Å². The molecule has 0 amide bonds. The number of hydrogen-bond donors (Lipinski definition) is 1. The van der Waals surface area contributed by atoms with E-state index in [1.807, 2.05) is 35.7 Å². The number of para-hydroxylation sites is 1. The predicted octanol–water partition coefficient (Wildman–Crippen LogP) is 4.47. The first-order chi connectivity index (χ1) is 13.2. The van der Waals surface area contributed by atoms with Gasteiger partial charge in [0, 0.05) is 42.8 Å². The molecule has 0 atom stereocenters. The molecule has 0 aliphatic carbocycles. The average molecular weight is 399 g/mol. The molecule has 3 aromatic rings. The third-order valence-corrected chi connectivity index (χ3v) is 5.76. The zero-order valence-corrected chi connectivity index (χ0v) is 16.3. The largest absolute Gasteiger partial charge is 0.345 e. The fourth-order valence-electron chi connectivity index (χ4n) is 2.99. The number of rotatable bonds is 3. The lowest BCUT2D eigenvalue weighted by Crippen LogP contribution is -2.50. The molecular formula is C20H19FN4S2. The van der Waals surface area contributed by atoms with E-state index in [4.69, 9.17) is 17.2 Å². The van der Waals surface area contributed by atoms with Gasteiger partial charge in [-0.05, 0) is 48.6 Å². The van der Waals surface area contributed by atoms with E-state index in [-0.39, 0.29) is 5.82 Å². The first-order valence-electron chi connectivity index (χ1n) is 8.76. The van der Waals surface area contributed by atoms with Gasteiger partial charge in [-0.2, -0.15) is 0 Å². The summed E-state index contributed by atoms with van der Waals surface area (Å²) in [6.07, 6.45) is 0. The number of thiocarbonyl (C=S) groups is 1. The quantitative estimate of drug-likeness (QED) is 0.658. The lowest BCUT2D eigenvalue weighted by Gasteiger charge is -2.36. The fourth-order valence-corrected chi connectivity index (χ4v) is 4.18. The molecule has 0 radical (unpaired) electrons. The molecule has 2 heterocycles. The highest BCUT2D eigenvalue weighted by Gasteiger charge is 2.21. The maximum atomic E-state index is 13.1. The SMILES string of the molecule is Fc1ccc(-c2csc(N3CCN(C(=S)Nc4ccccc4)CC3)n2)cc1. The lowest BCUT2D eigenvalue weighted by molar-refractivity contribution is 0.390. The number of anilines is 2. The van der Waals surface area contributed by atoms with Crippen LogP contribution in [0.4, 0.5) is 15.2 Å². The summed E-state index contributed by atoms with van der Waals surface area (Å²) < 4.78 is 13.1. The lowest BCUT2D eigenvalue weighted by atomic mass is 10.2. The van der Waals surface area contributed by atoms with Crippen molar-refractivity contribution in [2.24, 2.45) is 0 Å². The first kappa shape index (κ1) is 17.9. The van der Waals surface area contributed by atoms with E-state index in [0.717, 1.165) is 53.4 Å². The number of nitrogens with zero attached hydrogens (tertiary/aromatic N) is 3. The molecule has 0 bridgehead atoms. The van der Waals surface area contributed by atoms with Crippen LogP contribution in [0.5, 0.6) is 0 Å². The fraction of sp³-hybridized carbons (Fsp3) is 0.200. The number of hydrogen-bond acceptors (Lipinski definition) is 4. The molecule has 1 aliphatic rings. The molecule has 27 heavy (non-hydrogen) atoms. The Labute approximate surface area is 167 Å². The summed E-state index contributed by atoms with van der Waals surface area (Å²) in [5, 5.41) is 7.07. The summed E-state index contributed by atoms with van der Waals surface area (Å²) in [5.74, 6) is -0.231. The first-order valence-corrected chi connectivity index (χ1v) is 10.1. The van der Waals surface area contributed by atoms with E-state index in [9.17, 15) is 4.39 Å². The molecule has 1 fully saturated rings. The highest BCUT2D eigenvalue weighted by Crippen LogP contribution is 2.28. The summed E-state index contributed by atoms with van der Waals surface area (Å²) in [6.45, 7) is 3.44. The van der Waals surface area contributed by atoms with Crippen LogP contribution in [-0.4, -0.2) is 41.2 Å². The summed E-state index contributed by atoms with van der Waals surface area (Å²) in [5.41, 5.74) is 2.83. The second-order valence-electron chi connectivity index (χ2n) is 6.29. The van der Waals surface area contributed by atoms with Crippen molar-refractivity contribution in [3.05, 3.63) is 65.8 Å². The Hall–Kier alpha value is -2.51. The molecule has 1 aliphatic heterocycles. The number of nitrogens with one attached hydrogen (secondary N) is 1. The number of aromatic nitrogens is 1. The van der Waals surface area contributed by atoms with Gasteiger partial charge in [0.25, 0.3) is 0 Å². The van der Waals surface area contributed by atoms with Crippen LogP contribution in [0, 0.1) is 5.82 Å². The highest BCUT2D eigenvalue weighted by atomic mass is 32.1. The Morgan fingerprint density at radius 1 is 1.00 bits per heavy atom. The van der Waals surface area contributed by atoms with Gasteiger partial charge in [0.2, 0.25) is 0 Å². The van der Waals surface area contributed by atoms with E-state index in [1.54, 1.807) is 23.5 Å². The van der Waals surface area contributed by atoms with Gasteiger partial charge in [-0.15, -0.1) is 11.3 Å². The van der Waals surface area contributed by atoms with Crippen molar-refractivity contribution in [2.75, 3.05) is 36.4 Å². The van der Waals surface area contributed by atoms with Crippen molar-refractivity contribution in [3.8, 4) is 11.3 Å². The van der Waals surface area contributed by atoms with Crippen molar-refractivity contribution in [1.29, 1.82) is 0 Å². The van der Waals surface area contributed by atoms with Gasteiger partial charge in [0.1, 0.15) is 5.82 Å². The molecule has 1 saturated heterocycles. The van der Waals surface area contributed by atoms with Crippen LogP contribution in [0.3, 0.4) is 0 Å². The Bertz CT molecular complexity index is 903. The molecule has 0 saturated carbocycles. The zero-order chi connectivity index (χ0) is 18.6. The summed E-state index contributed by atoms with van der Waals surface area (Å²) in [6, 6.07) is 16.4. The van der Waals surface area contributed by atoms with E-state index < -0.39 is 0 Å². The van der Waals surface area contributed by atoms with E-state index in [1.165, 1.54) is 12.1 Å². The van der Waals surface area contributed by atoms with Gasteiger partial charge in [0.05, 0.1) is 5.69 Å². The maximum Gasteiger partial charge on any atom is 0.185 e. The van der Waals surface area contributed by atoms with Crippen molar-refractivity contribution < 1.29 is 4.39 Å². The number of thiazole rings is 1. The molecule has 1 aromatic heterocycles.